The van der Waals surface area contributed by atoms with Crippen LogP contribution in [0.5, 0.6) is 0 Å². The zero-order valence-electron chi connectivity index (χ0n) is 10.8. The molecule has 6 nitrogen and oxygen atoms in total. The molecule has 6 heteroatoms. The topological polar surface area (TPSA) is 94.1 Å². The third-order valence-corrected chi connectivity index (χ3v) is 2.81. The molecule has 2 aromatic rings. The Hall–Kier alpha value is -1.76. The minimum absolute atomic E-state index is 0.282. The molecule has 1 unspecified atom stereocenters. The molecule has 1 aromatic heterocycles. The molecule has 102 valence electrons. The Balaban J connectivity index is 2.01. The zero-order valence-corrected chi connectivity index (χ0v) is 10.8. The van der Waals surface area contributed by atoms with Gasteiger partial charge in [-0.1, -0.05) is 30.3 Å². The van der Waals surface area contributed by atoms with Crippen molar-refractivity contribution in [1.29, 1.82) is 0 Å². The standard InChI is InChI=1S/C13H18N4O2/c1-13(19,9-18)8-14-7-11-12(16-17-15-11)10-5-3-2-4-6-10/h2-6,14,18-19H,7-9H2,1H3,(H,15,16,17). The van der Waals surface area contributed by atoms with Crippen LogP contribution in [0.4, 0.5) is 0 Å². The highest BCUT2D eigenvalue weighted by molar-refractivity contribution is 5.60. The molecular formula is C13H18N4O2. The molecule has 19 heavy (non-hydrogen) atoms. The van der Waals surface area contributed by atoms with E-state index in [4.69, 9.17) is 5.11 Å². The van der Waals surface area contributed by atoms with Crippen LogP contribution in [0, 0.1) is 0 Å². The van der Waals surface area contributed by atoms with Crippen molar-refractivity contribution in [3.8, 4) is 11.3 Å². The number of nitrogens with one attached hydrogen (secondary N) is 2. The second kappa shape index (κ2) is 5.92. The van der Waals surface area contributed by atoms with Gasteiger partial charge in [-0.15, -0.1) is 0 Å². The van der Waals surface area contributed by atoms with Gasteiger partial charge in [0.25, 0.3) is 0 Å². The Bertz CT molecular complexity index is 510. The van der Waals surface area contributed by atoms with Crippen LogP contribution >= 0.6 is 0 Å². The molecule has 4 N–H and O–H groups in total. The first-order chi connectivity index (χ1) is 9.12. The Kier molecular flexibility index (Phi) is 4.26. The number of aliphatic hydroxyl groups excluding tert-OH is 1. The molecule has 0 bridgehead atoms. The second-order valence-electron chi connectivity index (χ2n) is 4.74. The van der Waals surface area contributed by atoms with Crippen LogP contribution < -0.4 is 5.32 Å². The van der Waals surface area contributed by atoms with Crippen LogP contribution in [0.1, 0.15) is 12.6 Å². The van der Waals surface area contributed by atoms with Gasteiger partial charge in [0.1, 0.15) is 11.4 Å². The molecule has 1 atom stereocenters. The van der Waals surface area contributed by atoms with E-state index in [9.17, 15) is 5.11 Å². The highest BCUT2D eigenvalue weighted by atomic mass is 16.3. The Morgan fingerprint density at radius 2 is 2.00 bits per heavy atom. The van der Waals surface area contributed by atoms with Gasteiger partial charge in [0.05, 0.1) is 12.2 Å². The molecule has 0 aliphatic rings. The molecule has 2 rings (SSSR count). The number of H-pyrrole nitrogens is 1. The van der Waals surface area contributed by atoms with Crippen LogP contribution in [0.15, 0.2) is 30.3 Å². The third kappa shape index (κ3) is 3.60. The molecule has 0 fully saturated rings. The van der Waals surface area contributed by atoms with E-state index in [-0.39, 0.29) is 13.2 Å². The summed E-state index contributed by atoms with van der Waals surface area (Å²) in [5, 5.41) is 32.5. The fraction of sp³-hybridized carbons (Fsp3) is 0.385. The van der Waals surface area contributed by atoms with Gasteiger partial charge in [0.2, 0.25) is 0 Å². The van der Waals surface area contributed by atoms with Crippen molar-refractivity contribution in [2.24, 2.45) is 0 Å². The molecule has 1 aromatic carbocycles. The number of aromatic amines is 1. The van der Waals surface area contributed by atoms with Crippen molar-refractivity contribution in [2.45, 2.75) is 19.1 Å². The lowest BCUT2D eigenvalue weighted by atomic mass is 10.1. The van der Waals surface area contributed by atoms with Crippen molar-refractivity contribution >= 4 is 0 Å². The summed E-state index contributed by atoms with van der Waals surface area (Å²) in [7, 11) is 0. The molecule has 1 heterocycles. The number of aromatic nitrogens is 3. The van der Waals surface area contributed by atoms with Crippen molar-refractivity contribution in [3.05, 3.63) is 36.0 Å². The summed E-state index contributed by atoms with van der Waals surface area (Å²) < 4.78 is 0. The van der Waals surface area contributed by atoms with E-state index >= 15 is 0 Å². The first kappa shape index (κ1) is 13.7. The van der Waals surface area contributed by atoms with Gasteiger partial charge in [-0.2, -0.15) is 15.4 Å². The maximum absolute atomic E-state index is 9.68. The molecule has 0 aliphatic heterocycles. The summed E-state index contributed by atoms with van der Waals surface area (Å²) in [4.78, 5) is 0. The number of benzene rings is 1. The maximum Gasteiger partial charge on any atom is 0.117 e. The van der Waals surface area contributed by atoms with Crippen LogP contribution in [0.25, 0.3) is 11.3 Å². The zero-order chi connectivity index (χ0) is 13.7. The van der Waals surface area contributed by atoms with E-state index in [1.54, 1.807) is 6.92 Å². The Morgan fingerprint density at radius 1 is 1.26 bits per heavy atom. The molecule has 0 saturated carbocycles. The maximum atomic E-state index is 9.68. The van der Waals surface area contributed by atoms with E-state index in [2.05, 4.69) is 20.7 Å². The van der Waals surface area contributed by atoms with E-state index in [1.807, 2.05) is 30.3 Å². The van der Waals surface area contributed by atoms with Crippen LogP contribution in [-0.4, -0.2) is 44.4 Å². The lowest BCUT2D eigenvalue weighted by Gasteiger charge is -2.20. The molecule has 0 aliphatic carbocycles. The minimum Gasteiger partial charge on any atom is -0.393 e. The van der Waals surface area contributed by atoms with Crippen molar-refractivity contribution in [1.82, 2.24) is 20.7 Å². The van der Waals surface area contributed by atoms with Gasteiger partial charge in [-0.05, 0) is 6.92 Å². The summed E-state index contributed by atoms with van der Waals surface area (Å²) in [5.74, 6) is 0. The monoisotopic (exact) mass is 262 g/mol. The van der Waals surface area contributed by atoms with Crippen molar-refractivity contribution in [3.63, 3.8) is 0 Å². The van der Waals surface area contributed by atoms with E-state index in [1.165, 1.54) is 0 Å². The fourth-order valence-electron chi connectivity index (χ4n) is 1.71. The highest BCUT2D eigenvalue weighted by Crippen LogP contribution is 2.18. The largest absolute Gasteiger partial charge is 0.393 e. The first-order valence-electron chi connectivity index (χ1n) is 6.11. The summed E-state index contributed by atoms with van der Waals surface area (Å²) in [6, 6.07) is 9.76. The smallest absolute Gasteiger partial charge is 0.117 e. The number of rotatable bonds is 6. The SMILES string of the molecule is CC(O)(CO)CNCc1n[nH]nc1-c1ccccc1. The lowest BCUT2D eigenvalue weighted by Crippen LogP contribution is -2.40. The predicted octanol–water partition coefficient (Wildman–Crippen LogP) is 0.305. The van der Waals surface area contributed by atoms with E-state index < -0.39 is 5.60 Å². The molecule has 0 radical (unpaired) electrons. The Labute approximate surface area is 111 Å². The lowest BCUT2D eigenvalue weighted by molar-refractivity contribution is 0.00249. The summed E-state index contributed by atoms with van der Waals surface area (Å²) >= 11 is 0. The highest BCUT2D eigenvalue weighted by Gasteiger charge is 2.18. The second-order valence-corrected chi connectivity index (χ2v) is 4.74. The average molecular weight is 262 g/mol. The van der Waals surface area contributed by atoms with Gasteiger partial charge in [0.15, 0.2) is 0 Å². The average Bonchev–Trinajstić information content (AvgIpc) is 2.88. The molecule has 0 spiro atoms. The van der Waals surface area contributed by atoms with Crippen LogP contribution in [0.2, 0.25) is 0 Å². The molecular weight excluding hydrogens is 244 g/mol. The number of hydrogen-bond acceptors (Lipinski definition) is 5. The van der Waals surface area contributed by atoms with Crippen LogP contribution in [0.3, 0.4) is 0 Å². The minimum atomic E-state index is -1.13. The van der Waals surface area contributed by atoms with E-state index in [0.29, 0.717) is 6.54 Å². The fourth-order valence-corrected chi connectivity index (χ4v) is 1.71. The molecule has 0 amide bonds. The van der Waals surface area contributed by atoms with Gasteiger partial charge in [0, 0.05) is 18.7 Å². The number of aliphatic hydroxyl groups is 2. The first-order valence-corrected chi connectivity index (χ1v) is 6.11. The van der Waals surface area contributed by atoms with Crippen molar-refractivity contribution < 1.29 is 10.2 Å². The normalized spacial score (nSPS) is 14.3. The number of hydrogen-bond donors (Lipinski definition) is 4. The number of nitrogens with zero attached hydrogens (tertiary/aromatic N) is 2. The van der Waals surface area contributed by atoms with E-state index in [0.717, 1.165) is 17.0 Å². The predicted molar refractivity (Wildman–Crippen MR) is 71.2 cm³/mol. The third-order valence-electron chi connectivity index (χ3n) is 2.81. The summed E-state index contributed by atoms with van der Waals surface area (Å²) in [6.45, 7) is 2.03. The molecule has 0 saturated heterocycles. The van der Waals surface area contributed by atoms with Gasteiger partial charge in [-0.25, -0.2) is 0 Å². The Morgan fingerprint density at radius 3 is 2.68 bits per heavy atom. The van der Waals surface area contributed by atoms with Crippen LogP contribution in [-0.2, 0) is 6.54 Å². The van der Waals surface area contributed by atoms with Crippen molar-refractivity contribution in [2.75, 3.05) is 13.2 Å². The summed E-state index contributed by atoms with van der Waals surface area (Å²) in [5.41, 5.74) is 1.43. The quantitative estimate of drug-likeness (QED) is 0.601. The van der Waals surface area contributed by atoms with Gasteiger partial charge >= 0.3 is 0 Å². The van der Waals surface area contributed by atoms with Gasteiger partial charge in [-0.3, -0.25) is 0 Å². The summed E-state index contributed by atoms with van der Waals surface area (Å²) in [6.07, 6.45) is 0. The van der Waals surface area contributed by atoms with Gasteiger partial charge < -0.3 is 15.5 Å².